The number of aliphatic hydroxyl groups excluding tert-OH is 1. The van der Waals surface area contributed by atoms with Crippen LogP contribution in [0.4, 0.5) is 0 Å². The minimum Gasteiger partial charge on any atom is -0.386 e. The number of ether oxygens (including phenoxy) is 1. The van der Waals surface area contributed by atoms with Crippen LogP contribution in [0.1, 0.15) is 11.7 Å². The van der Waals surface area contributed by atoms with Crippen molar-refractivity contribution >= 4 is 5.97 Å². The Morgan fingerprint density at radius 1 is 1.38 bits per heavy atom. The van der Waals surface area contributed by atoms with Crippen molar-refractivity contribution < 1.29 is 14.6 Å². The van der Waals surface area contributed by atoms with Crippen LogP contribution in [0.5, 0.6) is 6.01 Å². The molecule has 16 heavy (non-hydrogen) atoms. The number of hydrogen-bond acceptors (Lipinski definition) is 6. The first-order valence-electron chi connectivity index (χ1n) is 4.45. The minimum absolute atomic E-state index is 0.222. The van der Waals surface area contributed by atoms with E-state index in [2.05, 4.69) is 25.4 Å². The molecule has 0 aliphatic carbocycles. The van der Waals surface area contributed by atoms with Crippen LogP contribution in [0.15, 0.2) is 30.3 Å². The van der Waals surface area contributed by atoms with Crippen LogP contribution in [-0.2, 0) is 4.79 Å². The third kappa shape index (κ3) is 2.20. The number of aromatic amines is 1. The molecule has 7 heteroatoms. The molecule has 1 aromatic carbocycles. The fraction of sp³-hybridized carbons (Fsp3) is 0.111. The van der Waals surface area contributed by atoms with Gasteiger partial charge >= 0.3 is 12.0 Å². The predicted molar refractivity (Wildman–Crippen MR) is 51.2 cm³/mol. The van der Waals surface area contributed by atoms with Gasteiger partial charge in [0.15, 0.2) is 6.10 Å². The van der Waals surface area contributed by atoms with E-state index in [4.69, 9.17) is 0 Å². The summed E-state index contributed by atoms with van der Waals surface area (Å²) in [5.41, 5.74) is 0.441. The van der Waals surface area contributed by atoms with E-state index in [-0.39, 0.29) is 6.01 Å². The zero-order valence-corrected chi connectivity index (χ0v) is 8.07. The molecule has 0 radical (unpaired) electrons. The summed E-state index contributed by atoms with van der Waals surface area (Å²) in [4.78, 5) is 11.4. The van der Waals surface area contributed by atoms with Gasteiger partial charge in [-0.2, -0.15) is 5.21 Å². The number of aliphatic hydroxyl groups is 1. The summed E-state index contributed by atoms with van der Waals surface area (Å²) < 4.78 is 4.67. The molecule has 7 nitrogen and oxygen atoms in total. The molecule has 0 aliphatic rings. The molecule has 0 unspecified atom stereocenters. The number of carbonyl (C=O) groups is 1. The van der Waals surface area contributed by atoms with Crippen molar-refractivity contribution in [3.8, 4) is 6.01 Å². The fourth-order valence-corrected chi connectivity index (χ4v) is 1.11. The monoisotopic (exact) mass is 220 g/mol. The number of rotatable bonds is 3. The van der Waals surface area contributed by atoms with E-state index in [1.54, 1.807) is 30.3 Å². The molecule has 2 N–H and O–H groups in total. The van der Waals surface area contributed by atoms with E-state index < -0.39 is 12.1 Å². The molecular weight excluding hydrogens is 212 g/mol. The molecule has 0 bridgehead atoms. The van der Waals surface area contributed by atoms with E-state index in [9.17, 15) is 9.90 Å². The minimum atomic E-state index is -1.36. The van der Waals surface area contributed by atoms with E-state index in [1.165, 1.54) is 0 Å². The summed E-state index contributed by atoms with van der Waals surface area (Å²) in [6.45, 7) is 0. The van der Waals surface area contributed by atoms with Gasteiger partial charge < -0.3 is 9.84 Å². The topological polar surface area (TPSA) is 101 Å². The van der Waals surface area contributed by atoms with Gasteiger partial charge in [-0.05, 0) is 10.8 Å². The van der Waals surface area contributed by atoms with Crippen molar-refractivity contribution in [2.75, 3.05) is 0 Å². The van der Waals surface area contributed by atoms with E-state index in [0.717, 1.165) is 0 Å². The summed E-state index contributed by atoms with van der Waals surface area (Å²) in [5, 5.41) is 21.8. The molecule has 1 heterocycles. The lowest BCUT2D eigenvalue weighted by Crippen LogP contribution is -2.18. The normalized spacial score (nSPS) is 12.1. The third-order valence-electron chi connectivity index (χ3n) is 1.86. The number of nitrogens with one attached hydrogen (secondary N) is 1. The molecule has 1 atom stereocenters. The quantitative estimate of drug-likeness (QED) is 0.697. The van der Waals surface area contributed by atoms with Gasteiger partial charge in [0.1, 0.15) is 0 Å². The van der Waals surface area contributed by atoms with Crippen molar-refractivity contribution in [1.29, 1.82) is 0 Å². The molecule has 0 saturated carbocycles. The zero-order chi connectivity index (χ0) is 11.4. The number of carbonyl (C=O) groups excluding carboxylic acids is 1. The molecule has 0 fully saturated rings. The number of hydrogen-bond donors (Lipinski definition) is 2. The molecule has 1 aromatic heterocycles. The Hall–Kier alpha value is -2.28. The van der Waals surface area contributed by atoms with Crippen LogP contribution in [0, 0.1) is 0 Å². The predicted octanol–water partition coefficient (Wildman–Crippen LogP) is -0.161. The first-order valence-corrected chi connectivity index (χ1v) is 4.45. The van der Waals surface area contributed by atoms with Crippen molar-refractivity contribution in [2.45, 2.75) is 6.10 Å². The highest BCUT2D eigenvalue weighted by molar-refractivity contribution is 5.77. The standard InChI is InChI=1S/C9H8N4O3/c14-7(6-4-2-1-3-5-6)8(15)16-9-10-12-13-11-9/h1-5,7,14H,(H,10,11,12,13)/t7-/m1/s1. The maximum atomic E-state index is 11.4. The van der Waals surface area contributed by atoms with Crippen molar-refractivity contribution in [1.82, 2.24) is 20.6 Å². The maximum absolute atomic E-state index is 11.4. The van der Waals surface area contributed by atoms with Gasteiger partial charge in [-0.3, -0.25) is 0 Å². The van der Waals surface area contributed by atoms with Crippen LogP contribution in [-0.4, -0.2) is 31.7 Å². The molecule has 2 rings (SSSR count). The van der Waals surface area contributed by atoms with Gasteiger partial charge in [0.2, 0.25) is 0 Å². The van der Waals surface area contributed by atoms with Gasteiger partial charge in [-0.15, -0.1) is 0 Å². The van der Waals surface area contributed by atoms with Gasteiger partial charge in [0.25, 0.3) is 0 Å². The summed E-state index contributed by atoms with van der Waals surface area (Å²) in [6.07, 6.45) is -1.36. The average Bonchev–Trinajstić information content (AvgIpc) is 2.82. The van der Waals surface area contributed by atoms with E-state index in [1.807, 2.05) is 0 Å². The van der Waals surface area contributed by atoms with Crippen molar-refractivity contribution in [3.05, 3.63) is 35.9 Å². The molecule has 82 valence electrons. The lowest BCUT2D eigenvalue weighted by molar-refractivity contribution is -0.144. The molecule has 0 spiro atoms. The number of nitrogens with zero attached hydrogens (tertiary/aromatic N) is 3. The van der Waals surface area contributed by atoms with Crippen LogP contribution >= 0.6 is 0 Å². The summed E-state index contributed by atoms with van der Waals surface area (Å²) >= 11 is 0. The Morgan fingerprint density at radius 2 is 2.12 bits per heavy atom. The molecule has 0 saturated heterocycles. The van der Waals surface area contributed by atoms with Gasteiger partial charge in [-0.1, -0.05) is 40.5 Å². The highest BCUT2D eigenvalue weighted by Crippen LogP contribution is 2.14. The Bertz CT molecular complexity index is 457. The fourth-order valence-electron chi connectivity index (χ4n) is 1.11. The second-order valence-corrected chi connectivity index (χ2v) is 2.93. The van der Waals surface area contributed by atoms with E-state index in [0.29, 0.717) is 5.56 Å². The number of benzene rings is 1. The molecule has 0 aliphatic heterocycles. The molecular formula is C9H8N4O3. The van der Waals surface area contributed by atoms with Crippen molar-refractivity contribution in [2.24, 2.45) is 0 Å². The Kier molecular flexibility index (Phi) is 2.88. The smallest absolute Gasteiger partial charge is 0.363 e. The largest absolute Gasteiger partial charge is 0.386 e. The van der Waals surface area contributed by atoms with Crippen LogP contribution < -0.4 is 4.74 Å². The summed E-state index contributed by atoms with van der Waals surface area (Å²) in [5.74, 6) is -0.854. The Balaban J connectivity index is 2.05. The average molecular weight is 220 g/mol. The SMILES string of the molecule is O=C(Oc1nn[nH]n1)[C@H](O)c1ccccc1. The number of H-pyrrole nitrogens is 1. The third-order valence-corrected chi connectivity index (χ3v) is 1.86. The summed E-state index contributed by atoms with van der Waals surface area (Å²) in [7, 11) is 0. The Morgan fingerprint density at radius 3 is 2.75 bits per heavy atom. The van der Waals surface area contributed by atoms with Gasteiger partial charge in [-0.25, -0.2) is 4.79 Å². The number of aromatic nitrogens is 4. The highest BCUT2D eigenvalue weighted by Gasteiger charge is 2.20. The first kappa shape index (κ1) is 10.2. The highest BCUT2D eigenvalue weighted by atomic mass is 16.6. The van der Waals surface area contributed by atoms with Crippen LogP contribution in [0.2, 0.25) is 0 Å². The van der Waals surface area contributed by atoms with E-state index >= 15 is 0 Å². The molecule has 2 aromatic rings. The lowest BCUT2D eigenvalue weighted by Gasteiger charge is -2.07. The number of tetrazole rings is 1. The lowest BCUT2D eigenvalue weighted by atomic mass is 10.1. The van der Waals surface area contributed by atoms with Crippen molar-refractivity contribution in [3.63, 3.8) is 0 Å². The maximum Gasteiger partial charge on any atom is 0.363 e. The van der Waals surface area contributed by atoms with Gasteiger partial charge in [0.05, 0.1) is 0 Å². The second-order valence-electron chi connectivity index (χ2n) is 2.93. The molecule has 0 amide bonds. The Labute approximate surface area is 90.1 Å². The number of esters is 1. The summed E-state index contributed by atoms with van der Waals surface area (Å²) in [6, 6.07) is 8.20. The zero-order valence-electron chi connectivity index (χ0n) is 8.07. The first-order chi connectivity index (χ1) is 7.77. The van der Waals surface area contributed by atoms with Gasteiger partial charge in [0, 0.05) is 0 Å². The van der Waals surface area contributed by atoms with Crippen LogP contribution in [0.3, 0.4) is 0 Å². The second kappa shape index (κ2) is 4.49. The van der Waals surface area contributed by atoms with Crippen LogP contribution in [0.25, 0.3) is 0 Å².